The molecule has 1 amide bonds. The van der Waals surface area contributed by atoms with Crippen molar-refractivity contribution in [3.63, 3.8) is 0 Å². The van der Waals surface area contributed by atoms with Gasteiger partial charge in [0.1, 0.15) is 0 Å². The molecular formula is C21H28N2O3. The normalized spacial score (nSPS) is 12.9. The molecule has 2 rings (SSSR count). The summed E-state index contributed by atoms with van der Waals surface area (Å²) in [5.74, 6) is 1.32. The SMILES string of the molecule is CCOc1ccc(C(C)NC(=O)CC(N)c2ccccc2)cc1OCC. The third-order valence-corrected chi connectivity index (χ3v) is 4.08. The van der Waals surface area contributed by atoms with Gasteiger partial charge in [-0.05, 0) is 44.0 Å². The molecule has 0 aromatic heterocycles. The Morgan fingerprint density at radius 3 is 2.31 bits per heavy atom. The molecule has 0 aliphatic carbocycles. The van der Waals surface area contributed by atoms with E-state index in [1.165, 1.54) is 0 Å². The standard InChI is InChI=1S/C21H28N2O3/c1-4-25-19-12-11-17(13-20(19)26-5-2)15(3)23-21(24)14-18(22)16-9-7-6-8-10-16/h6-13,15,18H,4-5,14,22H2,1-3H3,(H,23,24). The number of nitrogens with two attached hydrogens (primary N) is 1. The molecule has 0 radical (unpaired) electrons. The van der Waals surface area contributed by atoms with Gasteiger partial charge in [-0.25, -0.2) is 0 Å². The fourth-order valence-electron chi connectivity index (χ4n) is 2.74. The molecule has 3 N–H and O–H groups in total. The van der Waals surface area contributed by atoms with E-state index in [1.807, 2.05) is 69.3 Å². The molecular weight excluding hydrogens is 328 g/mol. The molecule has 5 nitrogen and oxygen atoms in total. The second-order valence-electron chi connectivity index (χ2n) is 6.08. The van der Waals surface area contributed by atoms with Crippen molar-refractivity contribution in [3.8, 4) is 11.5 Å². The Morgan fingerprint density at radius 2 is 1.65 bits per heavy atom. The summed E-state index contributed by atoms with van der Waals surface area (Å²) in [6.07, 6.45) is 0.240. The lowest BCUT2D eigenvalue weighted by Gasteiger charge is -2.19. The minimum Gasteiger partial charge on any atom is -0.490 e. The summed E-state index contributed by atoms with van der Waals surface area (Å²) in [4.78, 5) is 12.3. The lowest BCUT2D eigenvalue weighted by molar-refractivity contribution is -0.122. The summed E-state index contributed by atoms with van der Waals surface area (Å²) < 4.78 is 11.2. The van der Waals surface area contributed by atoms with Gasteiger partial charge in [0.15, 0.2) is 11.5 Å². The van der Waals surface area contributed by atoms with Gasteiger partial charge < -0.3 is 20.5 Å². The molecule has 0 bridgehead atoms. The van der Waals surface area contributed by atoms with Gasteiger partial charge in [0.25, 0.3) is 0 Å². The molecule has 140 valence electrons. The summed E-state index contributed by atoms with van der Waals surface area (Å²) >= 11 is 0. The zero-order valence-electron chi connectivity index (χ0n) is 15.7. The van der Waals surface area contributed by atoms with Gasteiger partial charge in [0, 0.05) is 12.5 Å². The van der Waals surface area contributed by atoms with E-state index in [4.69, 9.17) is 15.2 Å². The van der Waals surface area contributed by atoms with E-state index in [2.05, 4.69) is 5.32 Å². The number of hydrogen-bond donors (Lipinski definition) is 2. The zero-order chi connectivity index (χ0) is 18.9. The second-order valence-corrected chi connectivity index (χ2v) is 6.08. The van der Waals surface area contributed by atoms with E-state index >= 15 is 0 Å². The van der Waals surface area contributed by atoms with Gasteiger partial charge in [-0.15, -0.1) is 0 Å². The molecule has 2 unspecified atom stereocenters. The van der Waals surface area contributed by atoms with Gasteiger partial charge in [0.2, 0.25) is 5.91 Å². The molecule has 2 atom stereocenters. The van der Waals surface area contributed by atoms with Crippen molar-refractivity contribution < 1.29 is 14.3 Å². The van der Waals surface area contributed by atoms with Crippen LogP contribution in [0.1, 0.15) is 50.4 Å². The fraction of sp³-hybridized carbons (Fsp3) is 0.381. The average Bonchev–Trinajstić information content (AvgIpc) is 2.64. The number of amides is 1. The van der Waals surface area contributed by atoms with Crippen molar-refractivity contribution in [3.05, 3.63) is 59.7 Å². The van der Waals surface area contributed by atoms with Crippen LogP contribution in [-0.4, -0.2) is 19.1 Å². The number of hydrogen-bond acceptors (Lipinski definition) is 4. The van der Waals surface area contributed by atoms with E-state index in [1.54, 1.807) is 0 Å². The molecule has 0 aliphatic rings. The van der Waals surface area contributed by atoms with Crippen LogP contribution in [0.15, 0.2) is 48.5 Å². The minimum atomic E-state index is -0.317. The Labute approximate surface area is 155 Å². The predicted molar refractivity (Wildman–Crippen MR) is 103 cm³/mol. The molecule has 5 heteroatoms. The highest BCUT2D eigenvalue weighted by molar-refractivity contribution is 5.77. The third kappa shape index (κ3) is 5.49. The molecule has 0 saturated carbocycles. The van der Waals surface area contributed by atoms with Crippen molar-refractivity contribution in [1.82, 2.24) is 5.32 Å². The van der Waals surface area contributed by atoms with Crippen molar-refractivity contribution in [2.45, 2.75) is 39.3 Å². The van der Waals surface area contributed by atoms with E-state index < -0.39 is 0 Å². The first-order valence-corrected chi connectivity index (χ1v) is 9.04. The summed E-state index contributed by atoms with van der Waals surface area (Å²) in [6.45, 7) is 6.93. The van der Waals surface area contributed by atoms with Gasteiger partial charge in [-0.2, -0.15) is 0 Å². The highest BCUT2D eigenvalue weighted by atomic mass is 16.5. The molecule has 0 saturated heterocycles. The molecule has 2 aromatic rings. The number of benzene rings is 2. The Kier molecular flexibility index (Phi) is 7.48. The largest absolute Gasteiger partial charge is 0.490 e. The van der Waals surface area contributed by atoms with Crippen LogP contribution in [-0.2, 0) is 4.79 Å². The van der Waals surface area contributed by atoms with Gasteiger partial charge in [-0.3, -0.25) is 4.79 Å². The average molecular weight is 356 g/mol. The lowest BCUT2D eigenvalue weighted by atomic mass is 10.0. The van der Waals surface area contributed by atoms with Crippen molar-refractivity contribution in [2.24, 2.45) is 5.73 Å². The maximum atomic E-state index is 12.3. The summed E-state index contributed by atoms with van der Waals surface area (Å²) in [6, 6.07) is 14.9. The monoisotopic (exact) mass is 356 g/mol. The number of carbonyl (C=O) groups excluding carboxylic acids is 1. The molecule has 0 fully saturated rings. The Bertz CT molecular complexity index is 704. The topological polar surface area (TPSA) is 73.6 Å². The number of rotatable bonds is 9. The van der Waals surface area contributed by atoms with E-state index in [0.717, 1.165) is 11.1 Å². The molecule has 26 heavy (non-hydrogen) atoms. The zero-order valence-corrected chi connectivity index (χ0v) is 15.7. The van der Waals surface area contributed by atoms with Crippen molar-refractivity contribution in [1.29, 1.82) is 0 Å². The highest BCUT2D eigenvalue weighted by Crippen LogP contribution is 2.30. The molecule has 0 spiro atoms. The van der Waals surface area contributed by atoms with E-state index in [9.17, 15) is 4.79 Å². The fourth-order valence-corrected chi connectivity index (χ4v) is 2.74. The Hall–Kier alpha value is -2.53. The van der Waals surface area contributed by atoms with Gasteiger partial charge in [-0.1, -0.05) is 36.4 Å². The summed E-state index contributed by atoms with van der Waals surface area (Å²) in [7, 11) is 0. The number of carbonyl (C=O) groups is 1. The highest BCUT2D eigenvalue weighted by Gasteiger charge is 2.16. The van der Waals surface area contributed by atoms with Crippen LogP contribution in [0.3, 0.4) is 0 Å². The quantitative estimate of drug-likeness (QED) is 0.718. The minimum absolute atomic E-state index is 0.0827. The smallest absolute Gasteiger partial charge is 0.222 e. The van der Waals surface area contributed by atoms with Gasteiger partial charge in [0.05, 0.1) is 19.3 Å². The van der Waals surface area contributed by atoms with Crippen molar-refractivity contribution >= 4 is 5.91 Å². The van der Waals surface area contributed by atoms with Crippen LogP contribution in [0.25, 0.3) is 0 Å². The number of nitrogens with one attached hydrogen (secondary N) is 1. The first kappa shape index (κ1) is 19.8. The summed E-state index contributed by atoms with van der Waals surface area (Å²) in [5, 5.41) is 3.00. The molecule has 2 aromatic carbocycles. The van der Waals surface area contributed by atoms with E-state index in [-0.39, 0.29) is 24.4 Å². The maximum absolute atomic E-state index is 12.3. The molecule has 0 aliphatic heterocycles. The van der Waals surface area contributed by atoms with E-state index in [0.29, 0.717) is 24.7 Å². The van der Waals surface area contributed by atoms with Crippen LogP contribution >= 0.6 is 0 Å². The van der Waals surface area contributed by atoms with Crippen LogP contribution in [0.5, 0.6) is 11.5 Å². The van der Waals surface area contributed by atoms with Crippen LogP contribution in [0.4, 0.5) is 0 Å². The second kappa shape index (κ2) is 9.82. The van der Waals surface area contributed by atoms with Crippen molar-refractivity contribution in [2.75, 3.05) is 13.2 Å². The van der Waals surface area contributed by atoms with Crippen LogP contribution in [0.2, 0.25) is 0 Å². The first-order chi connectivity index (χ1) is 12.5. The van der Waals surface area contributed by atoms with Crippen LogP contribution in [0, 0.1) is 0 Å². The maximum Gasteiger partial charge on any atom is 0.222 e. The third-order valence-electron chi connectivity index (χ3n) is 4.08. The van der Waals surface area contributed by atoms with Crippen LogP contribution < -0.4 is 20.5 Å². The number of ether oxygens (including phenoxy) is 2. The lowest BCUT2D eigenvalue weighted by Crippen LogP contribution is -2.29. The first-order valence-electron chi connectivity index (χ1n) is 9.04. The molecule has 0 heterocycles. The predicted octanol–water partition coefficient (Wildman–Crippen LogP) is 3.75. The van der Waals surface area contributed by atoms with Gasteiger partial charge >= 0.3 is 0 Å². The summed E-state index contributed by atoms with van der Waals surface area (Å²) in [5.41, 5.74) is 8.04. The Balaban J connectivity index is 2.00. The Morgan fingerprint density at radius 1 is 1.00 bits per heavy atom.